The van der Waals surface area contributed by atoms with Gasteiger partial charge in [-0.1, -0.05) is 18.2 Å². The molecule has 0 aliphatic carbocycles. The van der Waals surface area contributed by atoms with Crippen LogP contribution in [0, 0.1) is 0 Å². The van der Waals surface area contributed by atoms with E-state index in [1.165, 1.54) is 18.4 Å². The van der Waals surface area contributed by atoms with Crippen molar-refractivity contribution in [3.05, 3.63) is 24.4 Å². The summed E-state index contributed by atoms with van der Waals surface area (Å²) >= 11 is 0. The number of allylic oxidation sites excluding steroid dienone is 3. The number of carbonyl (C=O) groups excluding carboxylic acids is 1. The number of alkyl halides is 2. The molecule has 0 saturated carbocycles. The number of halogens is 2. The van der Waals surface area contributed by atoms with E-state index < -0.39 is 24.0 Å². The maximum atomic E-state index is 13.2. The predicted molar refractivity (Wildman–Crippen MR) is 67.5 cm³/mol. The Labute approximate surface area is 107 Å². The maximum absolute atomic E-state index is 13.2. The van der Waals surface area contributed by atoms with Crippen molar-refractivity contribution < 1.29 is 18.3 Å². The van der Waals surface area contributed by atoms with E-state index in [1.54, 1.807) is 33.8 Å². The standard InChI is InChI=1S/C13H21F2NO2/c1-5-6-8-13(14,15)9-7-10-16-11(17)18-12(2,3)4/h5-7,10H,8-9H2,1-4H3,(H,16,17). The first-order chi connectivity index (χ1) is 8.16. The van der Waals surface area contributed by atoms with Gasteiger partial charge in [0.05, 0.1) is 0 Å². The third-order valence-corrected chi connectivity index (χ3v) is 1.79. The fourth-order valence-electron chi connectivity index (χ4n) is 1.04. The summed E-state index contributed by atoms with van der Waals surface area (Å²) in [6.45, 7) is 6.86. The summed E-state index contributed by atoms with van der Waals surface area (Å²) in [6, 6.07) is 0. The number of carbonyl (C=O) groups is 1. The first-order valence-electron chi connectivity index (χ1n) is 5.80. The molecule has 0 saturated heterocycles. The first kappa shape index (κ1) is 16.6. The van der Waals surface area contributed by atoms with Crippen LogP contribution in [0.3, 0.4) is 0 Å². The lowest BCUT2D eigenvalue weighted by atomic mass is 10.1. The summed E-state index contributed by atoms with van der Waals surface area (Å²) in [6.07, 6.45) is 4.00. The molecule has 0 aliphatic heterocycles. The molecule has 104 valence electrons. The number of ether oxygens (including phenoxy) is 1. The molecule has 0 aromatic rings. The molecule has 0 unspecified atom stereocenters. The minimum atomic E-state index is -2.79. The van der Waals surface area contributed by atoms with Gasteiger partial charge in [0.2, 0.25) is 0 Å². The van der Waals surface area contributed by atoms with Gasteiger partial charge >= 0.3 is 6.09 Å². The molecule has 0 heterocycles. The van der Waals surface area contributed by atoms with E-state index in [4.69, 9.17) is 4.74 Å². The Morgan fingerprint density at radius 1 is 1.22 bits per heavy atom. The van der Waals surface area contributed by atoms with Crippen molar-refractivity contribution in [3.8, 4) is 0 Å². The molecule has 1 amide bonds. The second kappa shape index (κ2) is 7.13. The smallest absolute Gasteiger partial charge is 0.411 e. The van der Waals surface area contributed by atoms with Gasteiger partial charge in [-0.2, -0.15) is 0 Å². The van der Waals surface area contributed by atoms with Crippen molar-refractivity contribution in [1.29, 1.82) is 0 Å². The molecule has 0 spiro atoms. The molecular formula is C13H21F2NO2. The minimum absolute atomic E-state index is 0.305. The largest absolute Gasteiger partial charge is 0.444 e. The Bertz CT molecular complexity index is 317. The van der Waals surface area contributed by atoms with Crippen LogP contribution in [0.2, 0.25) is 0 Å². The molecule has 1 N–H and O–H groups in total. The number of rotatable bonds is 5. The number of hydrogen-bond donors (Lipinski definition) is 1. The Morgan fingerprint density at radius 2 is 1.78 bits per heavy atom. The average molecular weight is 261 g/mol. The molecule has 3 nitrogen and oxygen atoms in total. The minimum Gasteiger partial charge on any atom is -0.444 e. The summed E-state index contributed by atoms with van der Waals surface area (Å²) in [5.41, 5.74) is -0.603. The fraction of sp³-hybridized carbons (Fsp3) is 0.615. The third-order valence-electron chi connectivity index (χ3n) is 1.79. The third kappa shape index (κ3) is 9.81. The molecule has 18 heavy (non-hydrogen) atoms. The number of amides is 1. The van der Waals surface area contributed by atoms with Crippen molar-refractivity contribution in [2.45, 2.75) is 52.1 Å². The van der Waals surface area contributed by atoms with E-state index in [0.29, 0.717) is 0 Å². The summed E-state index contributed by atoms with van der Waals surface area (Å²) < 4.78 is 31.3. The quantitative estimate of drug-likeness (QED) is 0.759. The van der Waals surface area contributed by atoms with Crippen molar-refractivity contribution in [2.75, 3.05) is 0 Å². The highest BCUT2D eigenvalue weighted by atomic mass is 19.3. The van der Waals surface area contributed by atoms with Gasteiger partial charge in [0.15, 0.2) is 0 Å². The summed E-state index contributed by atoms with van der Waals surface area (Å²) in [4.78, 5) is 11.2. The Balaban J connectivity index is 4.00. The topological polar surface area (TPSA) is 38.3 Å². The lowest BCUT2D eigenvalue weighted by molar-refractivity contribution is 0.00745. The van der Waals surface area contributed by atoms with Crippen LogP contribution >= 0.6 is 0 Å². The van der Waals surface area contributed by atoms with Crippen LogP contribution in [-0.4, -0.2) is 17.6 Å². The number of nitrogens with one attached hydrogen (secondary N) is 1. The lowest BCUT2D eigenvalue weighted by Gasteiger charge is -2.18. The van der Waals surface area contributed by atoms with Gasteiger partial charge in [-0.15, -0.1) is 0 Å². The zero-order valence-corrected chi connectivity index (χ0v) is 11.3. The fourth-order valence-corrected chi connectivity index (χ4v) is 1.04. The maximum Gasteiger partial charge on any atom is 0.411 e. The SMILES string of the molecule is CC=CCC(F)(F)CC=CNC(=O)OC(C)(C)C. The van der Waals surface area contributed by atoms with Crippen molar-refractivity contribution in [3.63, 3.8) is 0 Å². The van der Waals surface area contributed by atoms with Gasteiger partial charge in [-0.05, 0) is 27.7 Å². The molecule has 0 aliphatic rings. The van der Waals surface area contributed by atoms with E-state index in [2.05, 4.69) is 5.32 Å². The Morgan fingerprint density at radius 3 is 2.28 bits per heavy atom. The summed E-state index contributed by atoms with van der Waals surface area (Å²) in [5, 5.41) is 2.27. The zero-order valence-electron chi connectivity index (χ0n) is 11.3. The number of alkyl carbamates (subject to hydrolysis) is 1. The van der Waals surface area contributed by atoms with Crippen LogP contribution in [0.5, 0.6) is 0 Å². The molecule has 0 rings (SSSR count). The highest BCUT2D eigenvalue weighted by molar-refractivity contribution is 5.68. The van der Waals surface area contributed by atoms with Crippen molar-refractivity contribution in [2.24, 2.45) is 0 Å². The van der Waals surface area contributed by atoms with Crippen LogP contribution in [0.25, 0.3) is 0 Å². The van der Waals surface area contributed by atoms with E-state index in [9.17, 15) is 13.6 Å². The van der Waals surface area contributed by atoms with Crippen molar-refractivity contribution >= 4 is 6.09 Å². The Hall–Kier alpha value is -1.39. The molecular weight excluding hydrogens is 240 g/mol. The van der Waals surface area contributed by atoms with E-state index in [0.717, 1.165) is 0 Å². The second-order valence-electron chi connectivity index (χ2n) is 4.88. The van der Waals surface area contributed by atoms with Gasteiger partial charge < -0.3 is 4.74 Å². The normalized spacial score (nSPS) is 13.2. The molecule has 0 atom stereocenters. The van der Waals surface area contributed by atoms with Crippen LogP contribution in [0.15, 0.2) is 24.4 Å². The van der Waals surface area contributed by atoms with Crippen LogP contribution in [0.4, 0.5) is 13.6 Å². The van der Waals surface area contributed by atoms with Crippen LogP contribution < -0.4 is 5.32 Å². The van der Waals surface area contributed by atoms with Gasteiger partial charge in [-0.3, -0.25) is 5.32 Å². The van der Waals surface area contributed by atoms with Gasteiger partial charge in [-0.25, -0.2) is 13.6 Å². The summed E-state index contributed by atoms with van der Waals surface area (Å²) in [7, 11) is 0. The molecule has 0 aromatic heterocycles. The molecule has 0 radical (unpaired) electrons. The van der Waals surface area contributed by atoms with Gasteiger partial charge in [0.25, 0.3) is 5.92 Å². The lowest BCUT2D eigenvalue weighted by Crippen LogP contribution is -2.29. The van der Waals surface area contributed by atoms with Crippen molar-refractivity contribution in [1.82, 2.24) is 5.32 Å². The Kier molecular flexibility index (Phi) is 6.58. The molecule has 0 aromatic carbocycles. The van der Waals surface area contributed by atoms with E-state index >= 15 is 0 Å². The predicted octanol–water partition coefficient (Wildman–Crippen LogP) is 4.02. The van der Waals surface area contributed by atoms with Gasteiger partial charge in [0, 0.05) is 19.0 Å². The highest BCUT2D eigenvalue weighted by Gasteiger charge is 2.25. The molecule has 0 fully saturated rings. The molecule has 0 bridgehead atoms. The average Bonchev–Trinajstić information content (AvgIpc) is 2.19. The highest BCUT2D eigenvalue weighted by Crippen LogP contribution is 2.23. The van der Waals surface area contributed by atoms with Gasteiger partial charge in [0.1, 0.15) is 5.60 Å². The molecule has 5 heteroatoms. The second-order valence-corrected chi connectivity index (χ2v) is 4.88. The van der Waals surface area contributed by atoms with Crippen LogP contribution in [0.1, 0.15) is 40.5 Å². The monoisotopic (exact) mass is 261 g/mol. The van der Waals surface area contributed by atoms with Crippen LogP contribution in [-0.2, 0) is 4.74 Å². The summed E-state index contributed by atoms with van der Waals surface area (Å²) in [5.74, 6) is -2.79. The van der Waals surface area contributed by atoms with E-state index in [1.807, 2.05) is 0 Å². The first-order valence-corrected chi connectivity index (χ1v) is 5.80. The zero-order chi connectivity index (χ0) is 14.2. The van der Waals surface area contributed by atoms with E-state index in [-0.39, 0.29) is 6.42 Å². The number of hydrogen-bond acceptors (Lipinski definition) is 2.